The SMILES string of the molecule is CCNC(=O)[C@@H](CC)N(Cc1ccc(Cl)cc1Cl)C(=O)CCCN(c1ccc(OCC)cc1)S(C)(=O)=O. The quantitative estimate of drug-likeness (QED) is 0.348. The van der Waals surface area contributed by atoms with Crippen LogP contribution in [0.25, 0.3) is 0 Å². The maximum Gasteiger partial charge on any atom is 0.242 e. The van der Waals surface area contributed by atoms with Gasteiger partial charge in [-0.05, 0) is 68.7 Å². The lowest BCUT2D eigenvalue weighted by Gasteiger charge is -2.31. The van der Waals surface area contributed by atoms with Crippen molar-refractivity contribution in [1.29, 1.82) is 0 Å². The third-order valence-corrected chi connectivity index (χ3v) is 7.46. The average Bonchev–Trinajstić information content (AvgIpc) is 2.83. The number of nitrogens with zero attached hydrogens (tertiary/aromatic N) is 2. The van der Waals surface area contributed by atoms with Crippen LogP contribution in [0.2, 0.25) is 10.0 Å². The van der Waals surface area contributed by atoms with Crippen LogP contribution in [0.4, 0.5) is 5.69 Å². The molecule has 1 N–H and O–H groups in total. The monoisotopic (exact) mass is 571 g/mol. The fourth-order valence-corrected chi connectivity index (χ4v) is 5.36. The second-order valence-electron chi connectivity index (χ2n) is 8.44. The molecule has 0 spiro atoms. The summed E-state index contributed by atoms with van der Waals surface area (Å²) in [5.74, 6) is 0.113. The molecule has 0 unspecified atom stereocenters. The second kappa shape index (κ2) is 14.4. The average molecular weight is 573 g/mol. The standard InChI is InChI=1S/C26H35Cl2N3O5S/c1-5-24(26(33)29-6-2)30(18-19-10-11-20(27)17-23(19)28)25(32)9-8-16-31(37(4,34)35)21-12-14-22(15-13-21)36-7-3/h10-15,17,24H,5-9,16,18H2,1-4H3,(H,29,33)/t24-/m1/s1. The smallest absolute Gasteiger partial charge is 0.242 e. The van der Waals surface area contributed by atoms with Crippen LogP contribution in [0.15, 0.2) is 42.5 Å². The zero-order valence-corrected chi connectivity index (χ0v) is 24.0. The summed E-state index contributed by atoms with van der Waals surface area (Å²) in [4.78, 5) is 27.7. The Morgan fingerprint density at radius 3 is 2.27 bits per heavy atom. The van der Waals surface area contributed by atoms with E-state index in [1.807, 2.05) is 20.8 Å². The first-order chi connectivity index (χ1) is 17.5. The lowest BCUT2D eigenvalue weighted by atomic mass is 10.1. The van der Waals surface area contributed by atoms with Gasteiger partial charge in [-0.25, -0.2) is 8.42 Å². The number of likely N-dealkylation sites (N-methyl/N-ethyl adjacent to an activating group) is 1. The molecule has 0 bridgehead atoms. The minimum absolute atomic E-state index is 0.0458. The molecule has 11 heteroatoms. The Balaban J connectivity index is 2.22. The molecule has 0 aliphatic carbocycles. The zero-order valence-electron chi connectivity index (χ0n) is 21.7. The molecule has 0 aliphatic rings. The van der Waals surface area contributed by atoms with Crippen molar-refractivity contribution in [1.82, 2.24) is 10.2 Å². The molecular formula is C26H35Cl2N3O5S. The molecule has 37 heavy (non-hydrogen) atoms. The van der Waals surface area contributed by atoms with Gasteiger partial charge >= 0.3 is 0 Å². The molecule has 0 aromatic heterocycles. The molecule has 2 aromatic rings. The number of sulfonamides is 1. The van der Waals surface area contributed by atoms with Gasteiger partial charge in [-0.3, -0.25) is 13.9 Å². The van der Waals surface area contributed by atoms with Gasteiger partial charge in [-0.1, -0.05) is 36.2 Å². The van der Waals surface area contributed by atoms with Crippen molar-refractivity contribution in [2.24, 2.45) is 0 Å². The molecule has 2 amide bonds. The third-order valence-electron chi connectivity index (χ3n) is 5.68. The summed E-state index contributed by atoms with van der Waals surface area (Å²) in [6.07, 6.45) is 1.84. The molecule has 0 saturated carbocycles. The first-order valence-electron chi connectivity index (χ1n) is 12.2. The van der Waals surface area contributed by atoms with Gasteiger partial charge in [-0.2, -0.15) is 0 Å². The van der Waals surface area contributed by atoms with Gasteiger partial charge in [0.2, 0.25) is 21.8 Å². The van der Waals surface area contributed by atoms with E-state index in [9.17, 15) is 18.0 Å². The molecule has 0 heterocycles. The molecule has 8 nitrogen and oxygen atoms in total. The van der Waals surface area contributed by atoms with E-state index in [-0.39, 0.29) is 37.7 Å². The van der Waals surface area contributed by atoms with Gasteiger partial charge in [-0.15, -0.1) is 0 Å². The van der Waals surface area contributed by atoms with Crippen LogP contribution in [-0.4, -0.2) is 57.1 Å². The van der Waals surface area contributed by atoms with E-state index in [0.29, 0.717) is 46.6 Å². The first-order valence-corrected chi connectivity index (χ1v) is 14.8. The maximum absolute atomic E-state index is 13.4. The van der Waals surface area contributed by atoms with Crippen molar-refractivity contribution < 1.29 is 22.7 Å². The van der Waals surface area contributed by atoms with Crippen molar-refractivity contribution in [2.45, 2.75) is 52.6 Å². The highest BCUT2D eigenvalue weighted by Crippen LogP contribution is 2.25. The lowest BCUT2D eigenvalue weighted by Crippen LogP contribution is -2.49. The lowest BCUT2D eigenvalue weighted by molar-refractivity contribution is -0.141. The van der Waals surface area contributed by atoms with E-state index in [2.05, 4.69) is 5.32 Å². The minimum Gasteiger partial charge on any atom is -0.494 e. The highest BCUT2D eigenvalue weighted by atomic mass is 35.5. The van der Waals surface area contributed by atoms with Crippen LogP contribution < -0.4 is 14.4 Å². The predicted octanol–water partition coefficient (Wildman–Crippen LogP) is 4.88. The maximum atomic E-state index is 13.4. The Kier molecular flexibility index (Phi) is 12.0. The number of anilines is 1. The summed E-state index contributed by atoms with van der Waals surface area (Å²) >= 11 is 12.4. The third kappa shape index (κ3) is 9.09. The van der Waals surface area contributed by atoms with Gasteiger partial charge in [0.25, 0.3) is 0 Å². The highest BCUT2D eigenvalue weighted by molar-refractivity contribution is 7.92. The van der Waals surface area contributed by atoms with Gasteiger partial charge in [0, 0.05) is 36.1 Å². The Labute approximate surface area is 229 Å². The van der Waals surface area contributed by atoms with Crippen molar-refractivity contribution >= 4 is 50.7 Å². The number of hydrogen-bond acceptors (Lipinski definition) is 5. The fraction of sp³-hybridized carbons (Fsp3) is 0.462. The van der Waals surface area contributed by atoms with Crippen molar-refractivity contribution in [3.05, 3.63) is 58.1 Å². The van der Waals surface area contributed by atoms with E-state index >= 15 is 0 Å². The van der Waals surface area contributed by atoms with E-state index in [1.54, 1.807) is 42.5 Å². The van der Waals surface area contributed by atoms with Crippen LogP contribution in [-0.2, 0) is 26.2 Å². The second-order valence-corrected chi connectivity index (χ2v) is 11.2. The van der Waals surface area contributed by atoms with Gasteiger partial charge in [0.1, 0.15) is 11.8 Å². The summed E-state index contributed by atoms with van der Waals surface area (Å²) in [7, 11) is -3.59. The molecule has 204 valence electrons. The molecule has 1 atom stereocenters. The Morgan fingerprint density at radius 1 is 1.05 bits per heavy atom. The van der Waals surface area contributed by atoms with Gasteiger partial charge in [0.15, 0.2) is 0 Å². The number of carbonyl (C=O) groups excluding carboxylic acids is 2. The van der Waals surface area contributed by atoms with E-state index in [4.69, 9.17) is 27.9 Å². The summed E-state index contributed by atoms with van der Waals surface area (Å²) in [5.41, 5.74) is 1.14. The molecule has 2 rings (SSSR count). The minimum atomic E-state index is -3.59. The molecule has 0 radical (unpaired) electrons. The van der Waals surface area contributed by atoms with Crippen molar-refractivity contribution in [2.75, 3.05) is 30.3 Å². The van der Waals surface area contributed by atoms with Crippen LogP contribution >= 0.6 is 23.2 Å². The Hall–Kier alpha value is -2.49. The van der Waals surface area contributed by atoms with E-state index < -0.39 is 16.1 Å². The fourth-order valence-electron chi connectivity index (χ4n) is 3.92. The number of ether oxygens (including phenoxy) is 1. The molecular weight excluding hydrogens is 537 g/mol. The topological polar surface area (TPSA) is 96.0 Å². The summed E-state index contributed by atoms with van der Waals surface area (Å²) in [6, 6.07) is 11.1. The number of halogens is 2. The Bertz CT molecular complexity index is 1160. The molecule has 0 saturated heterocycles. The van der Waals surface area contributed by atoms with Crippen LogP contribution in [0.3, 0.4) is 0 Å². The molecule has 0 aliphatic heterocycles. The van der Waals surface area contributed by atoms with Crippen LogP contribution in [0.5, 0.6) is 5.75 Å². The first kappa shape index (κ1) is 30.7. The number of rotatable bonds is 14. The number of carbonyl (C=O) groups is 2. The number of benzene rings is 2. The molecule has 2 aromatic carbocycles. The van der Waals surface area contributed by atoms with Gasteiger partial charge in [0.05, 0.1) is 18.6 Å². The largest absolute Gasteiger partial charge is 0.494 e. The summed E-state index contributed by atoms with van der Waals surface area (Å²) < 4.78 is 31.7. The highest BCUT2D eigenvalue weighted by Gasteiger charge is 2.29. The summed E-state index contributed by atoms with van der Waals surface area (Å²) in [5, 5.41) is 3.65. The number of hydrogen-bond donors (Lipinski definition) is 1. The van der Waals surface area contributed by atoms with Crippen LogP contribution in [0.1, 0.15) is 45.6 Å². The van der Waals surface area contributed by atoms with Crippen molar-refractivity contribution in [3.8, 4) is 5.75 Å². The zero-order chi connectivity index (χ0) is 27.6. The van der Waals surface area contributed by atoms with E-state index in [1.165, 1.54) is 9.21 Å². The Morgan fingerprint density at radius 2 is 1.73 bits per heavy atom. The van der Waals surface area contributed by atoms with Gasteiger partial charge < -0.3 is 15.0 Å². The number of amides is 2. The number of nitrogens with one attached hydrogen (secondary N) is 1. The van der Waals surface area contributed by atoms with E-state index in [0.717, 1.165) is 6.26 Å². The normalized spacial score (nSPS) is 12.1. The van der Waals surface area contributed by atoms with Crippen LogP contribution in [0, 0.1) is 0 Å². The summed E-state index contributed by atoms with van der Waals surface area (Å²) in [6.45, 7) is 6.68. The van der Waals surface area contributed by atoms with Crippen molar-refractivity contribution in [3.63, 3.8) is 0 Å². The predicted molar refractivity (Wildman–Crippen MR) is 149 cm³/mol. The molecule has 0 fully saturated rings.